The van der Waals surface area contributed by atoms with E-state index in [9.17, 15) is 9.59 Å². The first kappa shape index (κ1) is 16.0. The minimum absolute atomic E-state index is 0.00323. The van der Waals surface area contributed by atoms with Crippen LogP contribution in [-0.4, -0.2) is 24.6 Å². The molecule has 4 rings (SSSR count). The lowest BCUT2D eigenvalue weighted by Crippen LogP contribution is -2.55. The van der Waals surface area contributed by atoms with Gasteiger partial charge in [-0.05, 0) is 49.4 Å². The van der Waals surface area contributed by atoms with Gasteiger partial charge in [-0.25, -0.2) is 0 Å². The van der Waals surface area contributed by atoms with Gasteiger partial charge >= 0.3 is 5.97 Å². The molecule has 4 bridgehead atoms. The monoisotopic (exact) mass is 308 g/mol. The summed E-state index contributed by atoms with van der Waals surface area (Å²) in [4.78, 5) is 24.0. The lowest BCUT2D eigenvalue weighted by atomic mass is 9.54. The molecule has 0 spiro atoms. The fourth-order valence-electron chi connectivity index (χ4n) is 4.56. The summed E-state index contributed by atoms with van der Waals surface area (Å²) in [6, 6.07) is 0. The van der Waals surface area contributed by atoms with E-state index in [1.165, 1.54) is 6.42 Å². The molecule has 5 unspecified atom stereocenters. The summed E-state index contributed by atoms with van der Waals surface area (Å²) in [5, 5.41) is 0. The Morgan fingerprint density at radius 2 is 1.95 bits per heavy atom. The molecule has 0 radical (unpaired) electrons. The molecule has 4 fully saturated rings. The smallest absolute Gasteiger partial charge is 0.307 e. The fraction of sp³-hybridized carbons (Fsp3) is 0.889. The molecular weight excluding hydrogens is 280 g/mol. The molecule has 4 aliphatic carbocycles. The zero-order valence-corrected chi connectivity index (χ0v) is 14.0. The average Bonchev–Trinajstić information content (AvgIpc) is 2.43. The maximum atomic E-state index is 12.3. The normalized spacial score (nSPS) is 36.7. The van der Waals surface area contributed by atoms with Crippen LogP contribution in [0.25, 0.3) is 0 Å². The van der Waals surface area contributed by atoms with Gasteiger partial charge in [-0.1, -0.05) is 20.8 Å². The Hall–Kier alpha value is -0.900. The standard InChI is InChI=1S/C18H28O4/c1-18(2,3)5-4-15(19)21-10-22-17-13-7-11-6-12(9-13)16(20)14(17)8-11/h11-14,17H,4-10H2,1-3H3. The van der Waals surface area contributed by atoms with Crippen LogP contribution in [0.5, 0.6) is 0 Å². The Morgan fingerprint density at radius 1 is 1.18 bits per heavy atom. The van der Waals surface area contributed by atoms with Crippen LogP contribution in [-0.2, 0) is 19.1 Å². The number of ether oxygens (including phenoxy) is 2. The highest BCUT2D eigenvalue weighted by atomic mass is 16.7. The van der Waals surface area contributed by atoms with Crippen LogP contribution in [0.2, 0.25) is 0 Å². The van der Waals surface area contributed by atoms with Crippen LogP contribution in [0.1, 0.15) is 59.3 Å². The molecule has 0 N–H and O–H groups in total. The maximum absolute atomic E-state index is 12.3. The summed E-state index contributed by atoms with van der Waals surface area (Å²) in [5.41, 5.74) is 0.133. The number of carbonyl (C=O) groups excluding carboxylic acids is 2. The average molecular weight is 308 g/mol. The summed E-state index contributed by atoms with van der Waals surface area (Å²) >= 11 is 0. The molecule has 0 saturated heterocycles. The maximum Gasteiger partial charge on any atom is 0.307 e. The van der Waals surface area contributed by atoms with Gasteiger partial charge in [0.25, 0.3) is 0 Å². The number of Topliss-reactive ketones (excluding diaryl/α,β-unsaturated/α-hetero) is 1. The molecule has 22 heavy (non-hydrogen) atoms. The van der Waals surface area contributed by atoms with Crippen molar-refractivity contribution in [1.82, 2.24) is 0 Å². The van der Waals surface area contributed by atoms with Gasteiger partial charge in [-0.15, -0.1) is 0 Å². The molecule has 0 amide bonds. The molecule has 0 aromatic rings. The van der Waals surface area contributed by atoms with Crippen molar-refractivity contribution in [3.05, 3.63) is 0 Å². The van der Waals surface area contributed by atoms with Gasteiger partial charge in [0.15, 0.2) is 6.79 Å². The third-order valence-corrected chi connectivity index (χ3v) is 5.62. The third-order valence-electron chi connectivity index (χ3n) is 5.62. The SMILES string of the molecule is CC(C)(C)CCC(=O)OCOC1C2CC3CC(C2)C(=O)C1C3. The highest BCUT2D eigenvalue weighted by Gasteiger charge is 2.53. The van der Waals surface area contributed by atoms with E-state index in [1.807, 2.05) is 0 Å². The van der Waals surface area contributed by atoms with E-state index in [1.54, 1.807) is 0 Å². The van der Waals surface area contributed by atoms with Crippen LogP contribution in [0.4, 0.5) is 0 Å². The summed E-state index contributed by atoms with van der Waals surface area (Å²) in [6.45, 7) is 6.33. The lowest BCUT2D eigenvalue weighted by molar-refractivity contribution is -0.188. The first-order chi connectivity index (χ1) is 10.3. The molecule has 5 atom stereocenters. The Labute approximate surface area is 132 Å². The van der Waals surface area contributed by atoms with Gasteiger partial charge < -0.3 is 9.47 Å². The number of rotatable bonds is 5. The van der Waals surface area contributed by atoms with Crippen LogP contribution in [0.15, 0.2) is 0 Å². The van der Waals surface area contributed by atoms with Crippen molar-refractivity contribution in [2.75, 3.05) is 6.79 Å². The number of ketones is 1. The molecular formula is C18H28O4. The quantitative estimate of drug-likeness (QED) is 0.577. The number of esters is 1. The van der Waals surface area contributed by atoms with Crippen LogP contribution < -0.4 is 0 Å². The molecule has 0 aromatic carbocycles. The van der Waals surface area contributed by atoms with Crippen molar-refractivity contribution in [3.63, 3.8) is 0 Å². The van der Waals surface area contributed by atoms with E-state index < -0.39 is 0 Å². The Bertz CT molecular complexity index is 450. The van der Waals surface area contributed by atoms with E-state index >= 15 is 0 Å². The lowest BCUT2D eigenvalue weighted by Gasteiger charge is -2.52. The molecule has 124 valence electrons. The third kappa shape index (κ3) is 3.37. The Kier molecular flexibility index (Phi) is 4.32. The first-order valence-corrected chi connectivity index (χ1v) is 8.64. The van der Waals surface area contributed by atoms with Gasteiger partial charge in [0.2, 0.25) is 0 Å². The van der Waals surface area contributed by atoms with E-state index in [2.05, 4.69) is 20.8 Å². The minimum atomic E-state index is -0.204. The largest absolute Gasteiger partial charge is 0.438 e. The van der Waals surface area contributed by atoms with Gasteiger partial charge in [0.05, 0.1) is 6.10 Å². The van der Waals surface area contributed by atoms with Crippen molar-refractivity contribution in [2.24, 2.45) is 29.1 Å². The van der Waals surface area contributed by atoms with Gasteiger partial charge in [0, 0.05) is 18.3 Å². The second-order valence-electron chi connectivity index (χ2n) is 8.60. The molecule has 4 heteroatoms. The molecule has 0 aromatic heterocycles. The molecule has 4 nitrogen and oxygen atoms in total. The molecule has 4 saturated carbocycles. The number of hydrogen-bond donors (Lipinski definition) is 0. The Balaban J connectivity index is 1.44. The first-order valence-electron chi connectivity index (χ1n) is 8.64. The molecule has 0 heterocycles. The zero-order chi connectivity index (χ0) is 15.9. The summed E-state index contributed by atoms with van der Waals surface area (Å²) in [5.74, 6) is 1.76. The topological polar surface area (TPSA) is 52.6 Å². The minimum Gasteiger partial charge on any atom is -0.438 e. The zero-order valence-electron chi connectivity index (χ0n) is 14.0. The van der Waals surface area contributed by atoms with Crippen molar-refractivity contribution < 1.29 is 19.1 Å². The summed E-state index contributed by atoms with van der Waals surface area (Å²) < 4.78 is 11.0. The highest BCUT2D eigenvalue weighted by Crippen LogP contribution is 2.52. The van der Waals surface area contributed by atoms with Crippen molar-refractivity contribution in [1.29, 1.82) is 0 Å². The summed E-state index contributed by atoms with van der Waals surface area (Å²) in [6.07, 6.45) is 5.46. The molecule has 4 aliphatic rings. The highest BCUT2D eigenvalue weighted by molar-refractivity contribution is 5.86. The van der Waals surface area contributed by atoms with Crippen molar-refractivity contribution in [2.45, 2.75) is 65.4 Å². The van der Waals surface area contributed by atoms with Crippen LogP contribution in [0, 0.1) is 29.1 Å². The van der Waals surface area contributed by atoms with Gasteiger partial charge in [0.1, 0.15) is 5.78 Å². The van der Waals surface area contributed by atoms with Crippen molar-refractivity contribution in [3.8, 4) is 0 Å². The van der Waals surface area contributed by atoms with E-state index in [4.69, 9.17) is 9.47 Å². The van der Waals surface area contributed by atoms with E-state index in [0.29, 0.717) is 18.1 Å². The summed E-state index contributed by atoms with van der Waals surface area (Å²) in [7, 11) is 0. The second-order valence-corrected chi connectivity index (χ2v) is 8.60. The van der Waals surface area contributed by atoms with Crippen molar-refractivity contribution >= 4 is 11.8 Å². The van der Waals surface area contributed by atoms with Crippen LogP contribution >= 0.6 is 0 Å². The molecule has 0 aliphatic heterocycles. The van der Waals surface area contributed by atoms with Crippen LogP contribution in [0.3, 0.4) is 0 Å². The number of carbonyl (C=O) groups is 2. The number of hydrogen-bond acceptors (Lipinski definition) is 4. The van der Waals surface area contributed by atoms with Gasteiger partial charge in [-0.2, -0.15) is 0 Å². The van der Waals surface area contributed by atoms with E-state index in [0.717, 1.165) is 31.6 Å². The Morgan fingerprint density at radius 3 is 2.68 bits per heavy atom. The fourth-order valence-corrected chi connectivity index (χ4v) is 4.56. The predicted molar refractivity (Wildman–Crippen MR) is 82.0 cm³/mol. The predicted octanol–water partition coefficient (Wildman–Crippen LogP) is 3.33. The van der Waals surface area contributed by atoms with E-state index in [-0.39, 0.29) is 36.1 Å². The van der Waals surface area contributed by atoms with Gasteiger partial charge in [-0.3, -0.25) is 9.59 Å². The second kappa shape index (κ2) is 5.95.